The van der Waals surface area contributed by atoms with Gasteiger partial charge in [0.05, 0.1) is 33.8 Å². The van der Waals surface area contributed by atoms with E-state index in [0.717, 1.165) is 66.7 Å². The molecule has 1 heterocycles. The smallest absolute Gasteiger partial charge is 0.233 e. The van der Waals surface area contributed by atoms with Crippen LogP contribution >= 0.6 is 0 Å². The predicted octanol–water partition coefficient (Wildman–Crippen LogP) is 4.96. The first-order valence-electron chi connectivity index (χ1n) is 12.4. The van der Waals surface area contributed by atoms with Crippen LogP contribution in [0.3, 0.4) is 0 Å². The topological polar surface area (TPSA) is 52.3 Å². The van der Waals surface area contributed by atoms with Crippen LogP contribution < -0.4 is 10.5 Å². The minimum absolute atomic E-state index is 0.168. The molecule has 0 saturated carbocycles. The number of carbonyl (C=O) groups excluding carboxylic acids is 1. The normalized spacial score (nSPS) is 20.2. The van der Waals surface area contributed by atoms with Gasteiger partial charge in [0, 0.05) is 12.3 Å². The number of ether oxygens (including phenoxy) is 1. The Morgan fingerprint density at radius 2 is 1.53 bits per heavy atom. The molecule has 0 aromatic heterocycles. The molecule has 1 fully saturated rings. The van der Waals surface area contributed by atoms with Gasteiger partial charge in [-0.3, -0.25) is 4.79 Å². The van der Waals surface area contributed by atoms with E-state index in [4.69, 9.17) is 10.5 Å². The number of nitrogens with two attached hydrogens (primary N) is 1. The lowest BCUT2D eigenvalue weighted by Gasteiger charge is -2.38. The molecule has 0 radical (unpaired) electrons. The summed E-state index contributed by atoms with van der Waals surface area (Å²) in [7, 11) is 4.04. The van der Waals surface area contributed by atoms with Crippen LogP contribution in [0.1, 0.15) is 36.0 Å². The third-order valence-electron chi connectivity index (χ3n) is 7.71. The first-order valence-corrected chi connectivity index (χ1v) is 12.4. The van der Waals surface area contributed by atoms with Crippen LogP contribution in [0.15, 0.2) is 84.9 Å². The zero-order valence-corrected chi connectivity index (χ0v) is 20.5. The van der Waals surface area contributed by atoms with Crippen molar-refractivity contribution in [1.29, 1.82) is 0 Å². The van der Waals surface area contributed by atoms with Gasteiger partial charge in [-0.05, 0) is 48.1 Å². The quantitative estimate of drug-likeness (QED) is 0.346. The third-order valence-corrected chi connectivity index (χ3v) is 7.71. The zero-order valence-electron chi connectivity index (χ0n) is 20.5. The summed E-state index contributed by atoms with van der Waals surface area (Å²) in [5.74, 6) is 0.823. The zero-order chi connectivity index (χ0) is 24.0. The van der Waals surface area contributed by atoms with E-state index in [-0.39, 0.29) is 11.8 Å². The molecule has 1 aliphatic heterocycles. The van der Waals surface area contributed by atoms with E-state index in [1.165, 1.54) is 5.56 Å². The van der Waals surface area contributed by atoms with E-state index < -0.39 is 5.41 Å². The first kappa shape index (κ1) is 24.0. The molecule has 2 N–H and O–H groups in total. The van der Waals surface area contributed by atoms with Crippen LogP contribution in [0.25, 0.3) is 0 Å². The number of benzene rings is 3. The first-order chi connectivity index (χ1) is 16.5. The summed E-state index contributed by atoms with van der Waals surface area (Å²) >= 11 is 0. The molecule has 3 aromatic rings. The second-order valence-electron chi connectivity index (χ2n) is 9.94. The van der Waals surface area contributed by atoms with Crippen LogP contribution in [0, 0.1) is 5.92 Å². The van der Waals surface area contributed by atoms with Gasteiger partial charge in [0.1, 0.15) is 11.2 Å². The molecular weight excluding hydrogens is 420 g/mol. The van der Waals surface area contributed by atoms with Gasteiger partial charge < -0.3 is 15.0 Å². The van der Waals surface area contributed by atoms with Crippen LogP contribution in [-0.2, 0) is 16.6 Å². The van der Waals surface area contributed by atoms with E-state index in [9.17, 15) is 4.79 Å². The van der Waals surface area contributed by atoms with Crippen molar-refractivity contribution in [3.8, 4) is 5.75 Å². The highest BCUT2D eigenvalue weighted by molar-refractivity contribution is 5.91. The fourth-order valence-corrected chi connectivity index (χ4v) is 5.88. The van der Waals surface area contributed by atoms with Gasteiger partial charge in [-0.15, -0.1) is 0 Å². The molecule has 1 unspecified atom stereocenters. The molecule has 4 rings (SSSR count). The maximum Gasteiger partial charge on any atom is 0.233 e. The van der Waals surface area contributed by atoms with Gasteiger partial charge in [0.15, 0.2) is 0 Å². The van der Waals surface area contributed by atoms with Crippen molar-refractivity contribution in [1.82, 2.24) is 0 Å². The number of methoxy groups -OCH3 is 1. The molecule has 1 aliphatic rings. The summed E-state index contributed by atoms with van der Waals surface area (Å²) < 4.78 is 6.25. The van der Waals surface area contributed by atoms with E-state index in [1.807, 2.05) is 48.5 Å². The Morgan fingerprint density at radius 1 is 0.941 bits per heavy atom. The van der Waals surface area contributed by atoms with Crippen molar-refractivity contribution in [3.63, 3.8) is 0 Å². The number of rotatable bonds is 10. The maximum atomic E-state index is 13.3. The Kier molecular flexibility index (Phi) is 7.38. The van der Waals surface area contributed by atoms with Gasteiger partial charge in [-0.25, -0.2) is 0 Å². The SMILES string of the molecule is COc1ccc(CCCC[N@@+]2(C)CCC(C(C(N)=O)(c3ccccc3)c3ccccc3)C2)cc1. The lowest BCUT2D eigenvalue weighted by Crippen LogP contribution is -2.51. The average molecular weight is 458 g/mol. The van der Waals surface area contributed by atoms with Crippen molar-refractivity contribution in [2.45, 2.75) is 31.1 Å². The highest BCUT2D eigenvalue weighted by Gasteiger charge is 2.53. The van der Waals surface area contributed by atoms with Crippen molar-refractivity contribution in [2.24, 2.45) is 11.7 Å². The van der Waals surface area contributed by atoms with Crippen LogP contribution in [0.5, 0.6) is 5.75 Å². The second-order valence-corrected chi connectivity index (χ2v) is 9.94. The number of carbonyl (C=O) groups is 1. The summed E-state index contributed by atoms with van der Waals surface area (Å²) in [6.45, 7) is 3.14. The minimum Gasteiger partial charge on any atom is -0.497 e. The van der Waals surface area contributed by atoms with Crippen molar-refractivity contribution >= 4 is 5.91 Å². The number of nitrogens with zero attached hydrogens (tertiary/aromatic N) is 1. The Hall–Kier alpha value is -3.11. The Balaban J connectivity index is 1.48. The van der Waals surface area contributed by atoms with Crippen molar-refractivity contribution in [3.05, 3.63) is 102 Å². The average Bonchev–Trinajstić information content (AvgIpc) is 3.26. The molecule has 2 atom stereocenters. The summed E-state index contributed by atoms with van der Waals surface area (Å²) in [5, 5.41) is 0. The summed E-state index contributed by atoms with van der Waals surface area (Å²) in [6.07, 6.45) is 4.38. The fourth-order valence-electron chi connectivity index (χ4n) is 5.88. The molecule has 1 saturated heterocycles. The number of quaternary nitrogens is 1. The molecular formula is C30H37N2O2+. The van der Waals surface area contributed by atoms with E-state index in [2.05, 4.69) is 43.4 Å². The van der Waals surface area contributed by atoms with Crippen molar-refractivity contribution in [2.75, 3.05) is 33.8 Å². The fraction of sp³-hybridized carbons (Fsp3) is 0.367. The Morgan fingerprint density at radius 3 is 2.06 bits per heavy atom. The number of likely N-dealkylation sites (tertiary alicyclic amines) is 1. The van der Waals surface area contributed by atoms with Gasteiger partial charge in [0.2, 0.25) is 5.91 Å². The Labute approximate surface area is 204 Å². The number of primary amides is 1. The van der Waals surface area contributed by atoms with Crippen LogP contribution in [0.2, 0.25) is 0 Å². The molecule has 178 valence electrons. The molecule has 1 amide bonds. The molecule has 0 spiro atoms. The number of aryl methyl sites for hydroxylation is 1. The predicted molar refractivity (Wildman–Crippen MR) is 138 cm³/mol. The highest BCUT2D eigenvalue weighted by Crippen LogP contribution is 2.45. The molecule has 4 nitrogen and oxygen atoms in total. The second kappa shape index (κ2) is 10.4. The molecule has 0 aliphatic carbocycles. The van der Waals surface area contributed by atoms with E-state index in [0.29, 0.717) is 0 Å². The third kappa shape index (κ3) is 4.88. The van der Waals surface area contributed by atoms with E-state index in [1.54, 1.807) is 7.11 Å². The molecule has 3 aromatic carbocycles. The largest absolute Gasteiger partial charge is 0.497 e. The monoisotopic (exact) mass is 457 g/mol. The summed E-state index contributed by atoms with van der Waals surface area (Å²) in [5.41, 5.74) is 8.82. The van der Waals surface area contributed by atoms with Crippen LogP contribution in [0.4, 0.5) is 0 Å². The molecule has 0 bridgehead atoms. The van der Waals surface area contributed by atoms with Gasteiger partial charge in [-0.1, -0.05) is 72.8 Å². The number of hydrogen-bond donors (Lipinski definition) is 1. The lowest BCUT2D eigenvalue weighted by atomic mass is 9.64. The standard InChI is InChI=1S/C30H36N2O2/c1-32(21-10-9-11-24-16-18-28(34-2)19-17-24)22-20-27(23-32)30(29(31)33,25-12-5-3-6-13-25)26-14-7-4-8-15-26/h3-8,12-19,27H,9-11,20-23H2,1-2H3,(H-,31,33)/p+1/t27?,32-/m0/s1. The number of unbranched alkanes of at least 4 members (excludes halogenated alkanes) is 1. The number of hydrogen-bond acceptors (Lipinski definition) is 2. The van der Waals surface area contributed by atoms with Gasteiger partial charge in [0.25, 0.3) is 0 Å². The van der Waals surface area contributed by atoms with Gasteiger partial charge in [-0.2, -0.15) is 0 Å². The minimum atomic E-state index is -0.804. The highest BCUT2D eigenvalue weighted by atomic mass is 16.5. The number of amides is 1. The maximum absolute atomic E-state index is 13.3. The van der Waals surface area contributed by atoms with Crippen LogP contribution in [-0.4, -0.2) is 44.2 Å². The summed E-state index contributed by atoms with van der Waals surface area (Å²) in [4.78, 5) is 13.3. The molecule has 34 heavy (non-hydrogen) atoms. The van der Waals surface area contributed by atoms with Gasteiger partial charge >= 0.3 is 0 Å². The summed E-state index contributed by atoms with van der Waals surface area (Å²) in [6, 6.07) is 28.7. The molecule has 4 heteroatoms. The van der Waals surface area contributed by atoms with Crippen molar-refractivity contribution < 1.29 is 14.0 Å². The lowest BCUT2D eigenvalue weighted by molar-refractivity contribution is -0.899. The van der Waals surface area contributed by atoms with E-state index >= 15 is 0 Å². The Bertz CT molecular complexity index is 1030.